The lowest BCUT2D eigenvalue weighted by Crippen LogP contribution is -2.24. The second kappa shape index (κ2) is 6.84. The number of likely N-dealkylation sites (tertiary alicyclic amines) is 1. The molecule has 0 bridgehead atoms. The second-order valence-electron chi connectivity index (χ2n) is 6.07. The molecule has 1 aliphatic rings. The normalized spacial score (nSPS) is 16.8. The summed E-state index contributed by atoms with van der Waals surface area (Å²) in [4.78, 5) is 14.3. The van der Waals surface area contributed by atoms with Crippen LogP contribution in [-0.2, 0) is 13.0 Å². The molecule has 0 unspecified atom stereocenters. The van der Waals surface area contributed by atoms with Crippen LogP contribution in [0.25, 0.3) is 11.0 Å². The van der Waals surface area contributed by atoms with Crippen molar-refractivity contribution in [1.29, 1.82) is 0 Å². The summed E-state index contributed by atoms with van der Waals surface area (Å²) >= 11 is 6.35. The number of aryl methyl sites for hydroxylation is 1. The maximum Gasteiger partial charge on any atom is 0.336 e. The molecule has 0 aliphatic carbocycles. The lowest BCUT2D eigenvalue weighted by Gasteiger charge is -2.20. The molecular formula is C18H22ClNO2. The molecule has 2 aromatic rings. The van der Waals surface area contributed by atoms with Crippen LogP contribution in [0.15, 0.2) is 27.4 Å². The summed E-state index contributed by atoms with van der Waals surface area (Å²) in [6, 6.07) is 5.48. The summed E-state index contributed by atoms with van der Waals surface area (Å²) in [7, 11) is 0. The van der Waals surface area contributed by atoms with E-state index in [1.54, 1.807) is 6.07 Å². The zero-order chi connectivity index (χ0) is 15.5. The molecule has 3 rings (SSSR count). The molecule has 22 heavy (non-hydrogen) atoms. The third-order valence-corrected chi connectivity index (χ3v) is 4.82. The van der Waals surface area contributed by atoms with Gasteiger partial charge in [-0.1, -0.05) is 31.4 Å². The van der Waals surface area contributed by atoms with Crippen LogP contribution in [0.3, 0.4) is 0 Å². The predicted octanol–water partition coefficient (Wildman–Crippen LogP) is 4.38. The van der Waals surface area contributed by atoms with Gasteiger partial charge in [-0.15, -0.1) is 0 Å². The number of hydrogen-bond acceptors (Lipinski definition) is 3. The number of fused-ring (bicyclic) bond motifs is 1. The smallest absolute Gasteiger partial charge is 0.336 e. The van der Waals surface area contributed by atoms with Crippen LogP contribution in [-0.4, -0.2) is 18.0 Å². The first kappa shape index (κ1) is 15.6. The molecule has 1 fully saturated rings. The van der Waals surface area contributed by atoms with E-state index in [1.165, 1.54) is 25.7 Å². The summed E-state index contributed by atoms with van der Waals surface area (Å²) < 4.78 is 5.38. The minimum atomic E-state index is -0.276. The Labute approximate surface area is 135 Å². The first-order valence-electron chi connectivity index (χ1n) is 8.15. The Kier molecular flexibility index (Phi) is 4.84. The van der Waals surface area contributed by atoms with E-state index in [0.717, 1.165) is 47.6 Å². The van der Waals surface area contributed by atoms with Gasteiger partial charge in [0.05, 0.1) is 0 Å². The average molecular weight is 320 g/mol. The predicted molar refractivity (Wildman–Crippen MR) is 90.6 cm³/mol. The summed E-state index contributed by atoms with van der Waals surface area (Å²) in [5, 5.41) is 1.71. The third kappa shape index (κ3) is 3.36. The van der Waals surface area contributed by atoms with E-state index >= 15 is 0 Å². The molecule has 0 atom stereocenters. The number of rotatable bonds is 3. The van der Waals surface area contributed by atoms with Crippen molar-refractivity contribution < 1.29 is 4.42 Å². The van der Waals surface area contributed by atoms with Gasteiger partial charge in [-0.05, 0) is 55.6 Å². The maximum atomic E-state index is 11.9. The monoisotopic (exact) mass is 319 g/mol. The first-order chi connectivity index (χ1) is 10.7. The zero-order valence-electron chi connectivity index (χ0n) is 13.0. The second-order valence-corrected chi connectivity index (χ2v) is 6.48. The maximum absolute atomic E-state index is 11.9. The lowest BCUT2D eigenvalue weighted by atomic mass is 10.1. The summed E-state index contributed by atoms with van der Waals surface area (Å²) in [5.74, 6) is 0. The van der Waals surface area contributed by atoms with Gasteiger partial charge < -0.3 is 4.42 Å². The van der Waals surface area contributed by atoms with E-state index < -0.39 is 0 Å². The Morgan fingerprint density at radius 1 is 1.09 bits per heavy atom. The Morgan fingerprint density at radius 2 is 1.82 bits per heavy atom. The summed E-state index contributed by atoms with van der Waals surface area (Å²) in [6.45, 7) is 5.04. The molecule has 1 aliphatic heterocycles. The summed E-state index contributed by atoms with van der Waals surface area (Å²) in [6.07, 6.45) is 5.91. The van der Waals surface area contributed by atoms with Crippen LogP contribution >= 0.6 is 11.6 Å². The van der Waals surface area contributed by atoms with Crippen molar-refractivity contribution in [3.8, 4) is 0 Å². The van der Waals surface area contributed by atoms with Gasteiger partial charge in [0.2, 0.25) is 0 Å². The largest absolute Gasteiger partial charge is 0.423 e. The van der Waals surface area contributed by atoms with Crippen molar-refractivity contribution in [3.05, 3.63) is 44.8 Å². The fourth-order valence-electron chi connectivity index (χ4n) is 3.23. The van der Waals surface area contributed by atoms with Crippen LogP contribution < -0.4 is 5.63 Å². The fourth-order valence-corrected chi connectivity index (χ4v) is 3.52. The van der Waals surface area contributed by atoms with Gasteiger partial charge in [-0.2, -0.15) is 0 Å². The Hall–Kier alpha value is -1.32. The highest BCUT2D eigenvalue weighted by atomic mass is 35.5. The van der Waals surface area contributed by atoms with E-state index in [-0.39, 0.29) is 5.63 Å². The molecule has 1 aromatic carbocycles. The molecule has 0 N–H and O–H groups in total. The fraction of sp³-hybridized carbons (Fsp3) is 0.500. The number of halogens is 1. The Morgan fingerprint density at radius 3 is 2.50 bits per heavy atom. The Bertz CT molecular complexity index is 715. The van der Waals surface area contributed by atoms with Crippen molar-refractivity contribution in [3.63, 3.8) is 0 Å². The molecule has 0 amide bonds. The van der Waals surface area contributed by atoms with E-state index in [9.17, 15) is 4.79 Å². The van der Waals surface area contributed by atoms with Crippen LogP contribution in [0.1, 0.15) is 43.7 Å². The molecule has 0 spiro atoms. The van der Waals surface area contributed by atoms with Gasteiger partial charge in [0.1, 0.15) is 5.58 Å². The van der Waals surface area contributed by atoms with Crippen LogP contribution in [0, 0.1) is 0 Å². The standard InChI is InChI=1S/C18H22ClNO2/c1-2-13-9-17-15(11-16(13)19)14(10-18(21)22-17)12-20-7-5-3-4-6-8-20/h9-11H,2-8,12H2,1H3. The van der Waals surface area contributed by atoms with E-state index in [0.29, 0.717) is 5.58 Å². The van der Waals surface area contributed by atoms with Crippen molar-refractivity contribution in [1.82, 2.24) is 4.90 Å². The van der Waals surface area contributed by atoms with E-state index in [4.69, 9.17) is 16.0 Å². The van der Waals surface area contributed by atoms with Crippen LogP contribution in [0.2, 0.25) is 5.02 Å². The molecular weight excluding hydrogens is 298 g/mol. The average Bonchev–Trinajstić information content (AvgIpc) is 2.76. The van der Waals surface area contributed by atoms with Crippen LogP contribution in [0.5, 0.6) is 0 Å². The third-order valence-electron chi connectivity index (χ3n) is 4.47. The number of benzene rings is 1. The molecule has 118 valence electrons. The quantitative estimate of drug-likeness (QED) is 0.787. The van der Waals surface area contributed by atoms with Crippen molar-refractivity contribution in [2.75, 3.05) is 13.1 Å². The lowest BCUT2D eigenvalue weighted by molar-refractivity contribution is 0.277. The summed E-state index contributed by atoms with van der Waals surface area (Å²) in [5.41, 5.74) is 2.42. The first-order valence-corrected chi connectivity index (χ1v) is 8.52. The molecule has 2 heterocycles. The molecule has 3 nitrogen and oxygen atoms in total. The zero-order valence-corrected chi connectivity index (χ0v) is 13.8. The SMILES string of the molecule is CCc1cc2oc(=O)cc(CN3CCCCCC3)c2cc1Cl. The molecule has 1 saturated heterocycles. The van der Waals surface area contributed by atoms with Gasteiger partial charge in [-0.3, -0.25) is 4.90 Å². The molecule has 4 heteroatoms. The van der Waals surface area contributed by atoms with Gasteiger partial charge in [0.25, 0.3) is 0 Å². The van der Waals surface area contributed by atoms with Crippen molar-refractivity contribution >= 4 is 22.6 Å². The number of nitrogens with zero attached hydrogens (tertiary/aromatic N) is 1. The highest BCUT2D eigenvalue weighted by molar-refractivity contribution is 6.32. The molecule has 1 aromatic heterocycles. The van der Waals surface area contributed by atoms with Crippen LogP contribution in [0.4, 0.5) is 0 Å². The topological polar surface area (TPSA) is 33.5 Å². The minimum absolute atomic E-state index is 0.276. The molecule has 0 saturated carbocycles. The van der Waals surface area contributed by atoms with E-state index in [1.807, 2.05) is 19.1 Å². The van der Waals surface area contributed by atoms with Gasteiger partial charge >= 0.3 is 5.63 Å². The van der Waals surface area contributed by atoms with Gasteiger partial charge in [0.15, 0.2) is 0 Å². The number of hydrogen-bond donors (Lipinski definition) is 0. The minimum Gasteiger partial charge on any atom is -0.423 e. The van der Waals surface area contributed by atoms with Crippen molar-refractivity contribution in [2.24, 2.45) is 0 Å². The highest BCUT2D eigenvalue weighted by Gasteiger charge is 2.14. The van der Waals surface area contributed by atoms with Gasteiger partial charge in [0, 0.05) is 23.0 Å². The van der Waals surface area contributed by atoms with E-state index in [2.05, 4.69) is 4.90 Å². The van der Waals surface area contributed by atoms with Gasteiger partial charge in [-0.25, -0.2) is 4.79 Å². The molecule has 0 radical (unpaired) electrons. The highest BCUT2D eigenvalue weighted by Crippen LogP contribution is 2.27. The van der Waals surface area contributed by atoms with Crippen molar-refractivity contribution in [2.45, 2.75) is 45.6 Å². The Balaban J connectivity index is 2.00.